The second kappa shape index (κ2) is 10.1. The maximum Gasteiger partial charge on any atom is 0.258 e. The SMILES string of the molecule is O=C(Nc1ccnn1C1CCCC1)c1cc(S(=O)(=O)N2CCOCC2)ccc1N1CCCCC1. The van der Waals surface area contributed by atoms with Crippen molar-refractivity contribution in [2.24, 2.45) is 0 Å². The number of carbonyl (C=O) groups is 1. The molecule has 1 aromatic carbocycles. The van der Waals surface area contributed by atoms with E-state index in [1.54, 1.807) is 24.4 Å². The lowest BCUT2D eigenvalue weighted by Crippen LogP contribution is -2.40. The van der Waals surface area contributed by atoms with E-state index in [2.05, 4.69) is 15.3 Å². The number of benzene rings is 1. The minimum absolute atomic E-state index is 0.143. The Morgan fingerprint density at radius 1 is 0.971 bits per heavy atom. The molecule has 3 fully saturated rings. The van der Waals surface area contributed by atoms with Gasteiger partial charge in [-0.05, 0) is 50.3 Å². The lowest BCUT2D eigenvalue weighted by Gasteiger charge is -2.31. The van der Waals surface area contributed by atoms with Crippen LogP contribution in [0, 0.1) is 0 Å². The van der Waals surface area contributed by atoms with Crippen molar-refractivity contribution in [3.05, 3.63) is 36.0 Å². The molecule has 1 saturated carbocycles. The number of hydrogen-bond acceptors (Lipinski definition) is 6. The van der Waals surface area contributed by atoms with Crippen LogP contribution in [0.5, 0.6) is 0 Å². The summed E-state index contributed by atoms with van der Waals surface area (Å²) in [4.78, 5) is 15.9. The number of anilines is 2. The van der Waals surface area contributed by atoms with Crippen molar-refractivity contribution < 1.29 is 17.9 Å². The van der Waals surface area contributed by atoms with E-state index in [9.17, 15) is 13.2 Å². The maximum absolute atomic E-state index is 13.6. The number of hydrogen-bond donors (Lipinski definition) is 1. The number of sulfonamides is 1. The Hall–Kier alpha value is -2.43. The van der Waals surface area contributed by atoms with Crippen molar-refractivity contribution >= 4 is 27.4 Å². The highest BCUT2D eigenvalue weighted by Crippen LogP contribution is 2.33. The summed E-state index contributed by atoms with van der Waals surface area (Å²) in [6.45, 7) is 3.11. The Kier molecular flexibility index (Phi) is 6.89. The lowest BCUT2D eigenvalue weighted by atomic mass is 10.1. The predicted molar refractivity (Wildman–Crippen MR) is 130 cm³/mol. The Balaban J connectivity index is 1.47. The average molecular weight is 488 g/mol. The molecule has 0 unspecified atom stereocenters. The summed E-state index contributed by atoms with van der Waals surface area (Å²) in [5.74, 6) is 0.349. The van der Waals surface area contributed by atoms with E-state index in [0.29, 0.717) is 43.7 Å². The summed E-state index contributed by atoms with van der Waals surface area (Å²) in [6.07, 6.45) is 9.43. The molecule has 34 heavy (non-hydrogen) atoms. The number of morpholine rings is 1. The molecule has 9 nitrogen and oxygen atoms in total. The molecule has 0 bridgehead atoms. The fourth-order valence-corrected chi connectivity index (χ4v) is 6.68. The zero-order chi connectivity index (χ0) is 23.5. The number of piperidine rings is 1. The molecule has 1 aromatic heterocycles. The summed E-state index contributed by atoms with van der Waals surface area (Å²) in [7, 11) is -3.71. The summed E-state index contributed by atoms with van der Waals surface area (Å²) >= 11 is 0. The first-order valence-electron chi connectivity index (χ1n) is 12.4. The van der Waals surface area contributed by atoms with Gasteiger partial charge in [-0.25, -0.2) is 13.1 Å². The Morgan fingerprint density at radius 3 is 2.44 bits per heavy atom. The highest BCUT2D eigenvalue weighted by Gasteiger charge is 2.29. The van der Waals surface area contributed by atoms with Crippen LogP contribution < -0.4 is 10.2 Å². The van der Waals surface area contributed by atoms with E-state index in [-0.39, 0.29) is 10.8 Å². The van der Waals surface area contributed by atoms with Crippen molar-refractivity contribution in [3.8, 4) is 0 Å². The van der Waals surface area contributed by atoms with Crippen molar-refractivity contribution in [2.75, 3.05) is 49.6 Å². The smallest absolute Gasteiger partial charge is 0.258 e. The van der Waals surface area contributed by atoms with Gasteiger partial charge in [0.25, 0.3) is 5.91 Å². The minimum atomic E-state index is -3.71. The molecular weight excluding hydrogens is 454 g/mol. The van der Waals surface area contributed by atoms with Gasteiger partial charge in [0.2, 0.25) is 10.0 Å². The van der Waals surface area contributed by atoms with Crippen LogP contribution in [0.25, 0.3) is 0 Å². The van der Waals surface area contributed by atoms with E-state index in [1.807, 2.05) is 10.7 Å². The van der Waals surface area contributed by atoms with Gasteiger partial charge in [0.15, 0.2) is 0 Å². The summed E-state index contributed by atoms with van der Waals surface area (Å²) in [5.41, 5.74) is 1.17. The summed E-state index contributed by atoms with van der Waals surface area (Å²) in [6, 6.07) is 7.07. The third kappa shape index (κ3) is 4.71. The first kappa shape index (κ1) is 23.3. The largest absolute Gasteiger partial charge is 0.379 e. The van der Waals surface area contributed by atoms with E-state index in [1.165, 1.54) is 23.6 Å². The highest BCUT2D eigenvalue weighted by atomic mass is 32.2. The number of ether oxygens (including phenoxy) is 1. The van der Waals surface area contributed by atoms with Crippen LogP contribution in [-0.4, -0.2) is 67.8 Å². The van der Waals surface area contributed by atoms with Gasteiger partial charge in [-0.3, -0.25) is 4.79 Å². The van der Waals surface area contributed by atoms with Crippen LogP contribution in [0.3, 0.4) is 0 Å². The normalized spacial score (nSPS) is 20.5. The summed E-state index contributed by atoms with van der Waals surface area (Å²) < 4.78 is 35.3. The van der Waals surface area contributed by atoms with Crippen molar-refractivity contribution in [1.82, 2.24) is 14.1 Å². The van der Waals surface area contributed by atoms with Crippen LogP contribution >= 0.6 is 0 Å². The van der Waals surface area contributed by atoms with Gasteiger partial charge >= 0.3 is 0 Å². The lowest BCUT2D eigenvalue weighted by molar-refractivity contribution is 0.0730. The van der Waals surface area contributed by atoms with Crippen LogP contribution in [0.2, 0.25) is 0 Å². The topological polar surface area (TPSA) is 96.8 Å². The zero-order valence-electron chi connectivity index (χ0n) is 19.5. The molecule has 0 radical (unpaired) electrons. The van der Waals surface area contributed by atoms with Crippen LogP contribution in [0.4, 0.5) is 11.5 Å². The molecular formula is C24H33N5O4S. The standard InChI is InChI=1S/C24H33N5O4S/c30-24(26-23-10-11-25-29(23)19-6-2-3-7-19)21-18-20(34(31,32)28-14-16-33-17-15-28)8-9-22(21)27-12-4-1-5-13-27/h8-11,18-19H,1-7,12-17H2,(H,26,30). The first-order chi connectivity index (χ1) is 16.5. The molecule has 184 valence electrons. The van der Waals surface area contributed by atoms with Crippen LogP contribution in [-0.2, 0) is 14.8 Å². The molecule has 1 amide bonds. The van der Waals surface area contributed by atoms with E-state index in [0.717, 1.165) is 44.5 Å². The molecule has 2 aliphatic heterocycles. The van der Waals surface area contributed by atoms with Crippen LogP contribution in [0.1, 0.15) is 61.3 Å². The molecule has 1 aliphatic carbocycles. The Morgan fingerprint density at radius 2 is 1.71 bits per heavy atom. The number of carbonyl (C=O) groups excluding carboxylic acids is 1. The Labute approximate surface area is 201 Å². The van der Waals surface area contributed by atoms with Gasteiger partial charge in [-0.1, -0.05) is 12.8 Å². The quantitative estimate of drug-likeness (QED) is 0.672. The molecule has 10 heteroatoms. The maximum atomic E-state index is 13.6. The van der Waals surface area contributed by atoms with E-state index in [4.69, 9.17) is 4.74 Å². The van der Waals surface area contributed by atoms with Gasteiger partial charge in [-0.15, -0.1) is 0 Å². The minimum Gasteiger partial charge on any atom is -0.379 e. The highest BCUT2D eigenvalue weighted by molar-refractivity contribution is 7.89. The fraction of sp³-hybridized carbons (Fsp3) is 0.583. The third-order valence-electron chi connectivity index (χ3n) is 7.10. The third-order valence-corrected chi connectivity index (χ3v) is 8.99. The summed E-state index contributed by atoms with van der Waals surface area (Å²) in [5, 5.41) is 7.48. The monoisotopic (exact) mass is 487 g/mol. The number of rotatable bonds is 6. The molecule has 0 atom stereocenters. The average Bonchev–Trinajstić information content (AvgIpc) is 3.57. The fourth-order valence-electron chi connectivity index (χ4n) is 5.24. The first-order valence-corrected chi connectivity index (χ1v) is 13.8. The molecule has 2 aromatic rings. The van der Waals surface area contributed by atoms with E-state index >= 15 is 0 Å². The van der Waals surface area contributed by atoms with Gasteiger partial charge in [-0.2, -0.15) is 9.40 Å². The molecule has 0 spiro atoms. The molecule has 5 rings (SSSR count). The van der Waals surface area contributed by atoms with Gasteiger partial charge in [0.05, 0.1) is 35.9 Å². The molecule has 3 aliphatic rings. The molecule has 2 saturated heterocycles. The number of nitrogens with one attached hydrogen (secondary N) is 1. The predicted octanol–water partition coefficient (Wildman–Crippen LogP) is 3.26. The molecule has 1 N–H and O–H groups in total. The van der Waals surface area contributed by atoms with Gasteiger partial charge < -0.3 is 15.0 Å². The van der Waals surface area contributed by atoms with Crippen LogP contribution in [0.15, 0.2) is 35.4 Å². The number of aromatic nitrogens is 2. The number of nitrogens with zero attached hydrogens (tertiary/aromatic N) is 4. The van der Waals surface area contributed by atoms with Crippen molar-refractivity contribution in [2.45, 2.75) is 55.9 Å². The zero-order valence-corrected chi connectivity index (χ0v) is 20.3. The second-order valence-electron chi connectivity index (χ2n) is 9.30. The van der Waals surface area contributed by atoms with E-state index < -0.39 is 10.0 Å². The number of amides is 1. The van der Waals surface area contributed by atoms with Gasteiger partial charge in [0.1, 0.15) is 5.82 Å². The van der Waals surface area contributed by atoms with Crippen molar-refractivity contribution in [3.63, 3.8) is 0 Å². The van der Waals surface area contributed by atoms with Crippen molar-refractivity contribution in [1.29, 1.82) is 0 Å². The van der Waals surface area contributed by atoms with Gasteiger partial charge in [0, 0.05) is 37.9 Å². The second-order valence-corrected chi connectivity index (χ2v) is 11.2. The Bertz CT molecular complexity index is 1110. The molecule has 3 heterocycles.